The van der Waals surface area contributed by atoms with E-state index >= 15 is 0 Å². The second-order valence-electron chi connectivity index (χ2n) is 10.4. The summed E-state index contributed by atoms with van der Waals surface area (Å²) in [5.74, 6) is 0.208. The van der Waals surface area contributed by atoms with Crippen molar-refractivity contribution >= 4 is 22.7 Å². The van der Waals surface area contributed by atoms with Gasteiger partial charge in [-0.15, -0.1) is 6.58 Å². The zero-order valence-electron chi connectivity index (χ0n) is 23.4. The molecule has 0 saturated carbocycles. The first kappa shape index (κ1) is 29.9. The smallest absolute Gasteiger partial charge is 0.343 e. The van der Waals surface area contributed by atoms with Gasteiger partial charge >= 0.3 is 11.9 Å². The van der Waals surface area contributed by atoms with Crippen molar-refractivity contribution in [3.63, 3.8) is 0 Å². The summed E-state index contributed by atoms with van der Waals surface area (Å²) in [6.07, 6.45) is 13.4. The molecule has 0 saturated heterocycles. The first-order chi connectivity index (χ1) is 18.9. The van der Waals surface area contributed by atoms with Crippen LogP contribution in [0.1, 0.15) is 97.9 Å². The Balaban J connectivity index is 1.55. The first-order valence-corrected chi connectivity index (χ1v) is 14.3. The molecule has 0 radical (unpaired) electrons. The van der Waals surface area contributed by atoms with Gasteiger partial charge in [0.25, 0.3) is 0 Å². The van der Waals surface area contributed by atoms with Gasteiger partial charge in [0.1, 0.15) is 11.5 Å². The molecule has 5 nitrogen and oxygen atoms in total. The second kappa shape index (κ2) is 15.7. The van der Waals surface area contributed by atoms with Crippen LogP contribution in [0.15, 0.2) is 67.3 Å². The molecule has 0 bridgehead atoms. The third kappa shape index (κ3) is 9.58. The van der Waals surface area contributed by atoms with Gasteiger partial charge in [0, 0.05) is 0 Å². The van der Waals surface area contributed by atoms with E-state index in [0.717, 1.165) is 54.2 Å². The molecule has 0 fully saturated rings. The molecule has 0 unspecified atom stereocenters. The van der Waals surface area contributed by atoms with Crippen LogP contribution in [0.4, 0.5) is 0 Å². The van der Waals surface area contributed by atoms with Gasteiger partial charge in [-0.25, -0.2) is 9.59 Å². The number of allylic oxidation sites excluding steroid dienone is 1. The van der Waals surface area contributed by atoms with Crippen molar-refractivity contribution in [2.45, 2.75) is 78.1 Å². The Labute approximate surface area is 232 Å². The van der Waals surface area contributed by atoms with Gasteiger partial charge in [-0.2, -0.15) is 0 Å². The van der Waals surface area contributed by atoms with Crippen LogP contribution in [0.2, 0.25) is 0 Å². The number of carboxylic acids is 1. The first-order valence-electron chi connectivity index (χ1n) is 14.3. The average Bonchev–Trinajstić information content (AvgIpc) is 2.94. The summed E-state index contributed by atoms with van der Waals surface area (Å²) in [4.78, 5) is 24.4. The number of fused-ring (bicyclic) bond motifs is 1. The van der Waals surface area contributed by atoms with Gasteiger partial charge in [0.15, 0.2) is 0 Å². The summed E-state index contributed by atoms with van der Waals surface area (Å²) in [6.45, 7) is 8.71. The van der Waals surface area contributed by atoms with Gasteiger partial charge in [0.05, 0.1) is 17.7 Å². The van der Waals surface area contributed by atoms with Crippen molar-refractivity contribution in [1.82, 2.24) is 0 Å². The summed E-state index contributed by atoms with van der Waals surface area (Å²) in [5.41, 5.74) is 1.67. The maximum atomic E-state index is 12.9. The van der Waals surface area contributed by atoms with Gasteiger partial charge in [0.2, 0.25) is 0 Å². The van der Waals surface area contributed by atoms with Crippen LogP contribution >= 0.6 is 0 Å². The summed E-state index contributed by atoms with van der Waals surface area (Å²) in [5, 5.41) is 11.1. The van der Waals surface area contributed by atoms with E-state index in [4.69, 9.17) is 9.47 Å². The molecule has 3 aromatic rings. The van der Waals surface area contributed by atoms with Crippen LogP contribution in [0.5, 0.6) is 11.5 Å². The van der Waals surface area contributed by atoms with Crippen LogP contribution in [-0.2, 0) is 6.42 Å². The lowest BCUT2D eigenvalue weighted by atomic mass is 9.93. The fraction of sp³-hybridized carbons (Fsp3) is 0.412. The molecular formula is C34H42O5. The zero-order chi connectivity index (χ0) is 28.0. The second-order valence-corrected chi connectivity index (χ2v) is 10.4. The number of aromatic carboxylic acids is 1. The Kier molecular flexibility index (Phi) is 12.1. The molecular weight excluding hydrogens is 488 g/mol. The molecule has 0 spiro atoms. The topological polar surface area (TPSA) is 72.8 Å². The summed E-state index contributed by atoms with van der Waals surface area (Å²) in [7, 11) is 0. The van der Waals surface area contributed by atoms with E-state index < -0.39 is 11.9 Å². The van der Waals surface area contributed by atoms with Crippen molar-refractivity contribution < 1.29 is 24.2 Å². The minimum atomic E-state index is -0.958. The lowest BCUT2D eigenvalue weighted by Crippen LogP contribution is -2.09. The zero-order valence-corrected chi connectivity index (χ0v) is 23.4. The van der Waals surface area contributed by atoms with Crippen LogP contribution < -0.4 is 9.47 Å². The SMILES string of the molecule is C=CCCCCCCCCCOc1ccc(C(=O)Oc2cc(C[C@@H](C)CC)c3cc(C(=O)O)ccc3c2)cc1. The molecule has 0 aliphatic heterocycles. The summed E-state index contributed by atoms with van der Waals surface area (Å²) in [6, 6.07) is 15.7. The highest BCUT2D eigenvalue weighted by molar-refractivity contribution is 5.97. The van der Waals surface area contributed by atoms with Gasteiger partial charge in [-0.3, -0.25) is 0 Å². The average molecular weight is 531 g/mol. The summed E-state index contributed by atoms with van der Waals surface area (Å²) >= 11 is 0. The Morgan fingerprint density at radius 3 is 2.21 bits per heavy atom. The molecule has 208 valence electrons. The van der Waals surface area contributed by atoms with E-state index in [0.29, 0.717) is 23.8 Å². The molecule has 0 heterocycles. The van der Waals surface area contributed by atoms with E-state index in [-0.39, 0.29) is 5.56 Å². The lowest BCUT2D eigenvalue weighted by molar-refractivity contribution is 0.0694. The Morgan fingerprint density at radius 1 is 0.872 bits per heavy atom. The number of carbonyl (C=O) groups is 2. The van der Waals surface area contributed by atoms with Crippen molar-refractivity contribution in [3.8, 4) is 11.5 Å². The molecule has 39 heavy (non-hydrogen) atoms. The number of esters is 1. The third-order valence-corrected chi connectivity index (χ3v) is 7.15. The Morgan fingerprint density at radius 2 is 1.54 bits per heavy atom. The molecule has 1 atom stereocenters. The quantitative estimate of drug-likeness (QED) is 0.0816. The Bertz CT molecular complexity index is 1230. The van der Waals surface area contributed by atoms with E-state index in [1.54, 1.807) is 48.5 Å². The predicted molar refractivity (Wildman–Crippen MR) is 158 cm³/mol. The molecule has 0 aliphatic carbocycles. The highest BCUT2D eigenvalue weighted by Crippen LogP contribution is 2.30. The molecule has 3 aromatic carbocycles. The van der Waals surface area contributed by atoms with Gasteiger partial charge < -0.3 is 14.6 Å². The standard InChI is InChI=1S/C34H42O5/c1-4-6-7-8-9-10-11-12-13-20-38-30-18-16-26(17-19-30)34(37)39-31-22-27-14-15-28(33(35)36)24-32(27)29(23-31)21-25(3)5-2/h4,14-19,22-25H,1,5-13,20-21H2,2-3H3,(H,35,36)/t25-/m0/s1. The predicted octanol–water partition coefficient (Wildman–Crippen LogP) is 9.03. The molecule has 3 rings (SSSR count). The maximum Gasteiger partial charge on any atom is 0.343 e. The summed E-state index contributed by atoms with van der Waals surface area (Å²) < 4.78 is 11.6. The van der Waals surface area contributed by atoms with Crippen molar-refractivity contribution in [3.05, 3.63) is 83.9 Å². The number of hydrogen-bond acceptors (Lipinski definition) is 4. The van der Waals surface area contributed by atoms with Crippen LogP contribution in [0, 0.1) is 5.92 Å². The number of hydrogen-bond donors (Lipinski definition) is 1. The van der Waals surface area contributed by atoms with Gasteiger partial charge in [-0.05, 0) is 96.5 Å². The van der Waals surface area contributed by atoms with Crippen LogP contribution in [0.25, 0.3) is 10.8 Å². The monoisotopic (exact) mass is 530 g/mol. The van der Waals surface area contributed by atoms with Crippen LogP contribution in [0.3, 0.4) is 0 Å². The van der Waals surface area contributed by atoms with Crippen molar-refractivity contribution in [2.75, 3.05) is 6.61 Å². The number of benzene rings is 3. The van der Waals surface area contributed by atoms with Crippen molar-refractivity contribution in [2.24, 2.45) is 5.92 Å². The fourth-order valence-corrected chi connectivity index (χ4v) is 4.60. The third-order valence-electron chi connectivity index (χ3n) is 7.15. The largest absolute Gasteiger partial charge is 0.494 e. The number of carboxylic acid groups (broad SMARTS) is 1. The van der Waals surface area contributed by atoms with Crippen molar-refractivity contribution in [1.29, 1.82) is 0 Å². The minimum Gasteiger partial charge on any atom is -0.494 e. The van der Waals surface area contributed by atoms with E-state index in [1.165, 1.54) is 32.1 Å². The number of carbonyl (C=O) groups excluding carboxylic acids is 1. The number of ether oxygens (including phenoxy) is 2. The maximum absolute atomic E-state index is 12.9. The lowest BCUT2D eigenvalue weighted by Gasteiger charge is -2.14. The molecule has 0 amide bonds. The molecule has 0 aliphatic rings. The number of rotatable bonds is 17. The van der Waals surface area contributed by atoms with E-state index in [1.807, 2.05) is 12.1 Å². The fourth-order valence-electron chi connectivity index (χ4n) is 4.60. The van der Waals surface area contributed by atoms with E-state index in [9.17, 15) is 14.7 Å². The van der Waals surface area contributed by atoms with E-state index in [2.05, 4.69) is 20.4 Å². The molecule has 0 aromatic heterocycles. The van der Waals surface area contributed by atoms with Crippen LogP contribution in [-0.4, -0.2) is 23.7 Å². The highest BCUT2D eigenvalue weighted by Gasteiger charge is 2.14. The normalized spacial score (nSPS) is 11.7. The molecule has 5 heteroatoms. The highest BCUT2D eigenvalue weighted by atomic mass is 16.5. The number of unbranched alkanes of at least 4 members (excludes halogenated alkanes) is 7. The van der Waals surface area contributed by atoms with Gasteiger partial charge in [-0.1, -0.05) is 64.5 Å². The molecule has 1 N–H and O–H groups in total. The minimum absolute atomic E-state index is 0.245. The Hall–Kier alpha value is -3.60.